The van der Waals surface area contributed by atoms with Gasteiger partial charge in [-0.05, 0) is 18.9 Å². The molecule has 0 aliphatic carbocycles. The first-order valence-electron chi connectivity index (χ1n) is 10.6. The summed E-state index contributed by atoms with van der Waals surface area (Å²) < 4.78 is 7.01. The maximum Gasteiger partial charge on any atom is 0.359 e. The van der Waals surface area contributed by atoms with Gasteiger partial charge in [-0.3, -0.25) is 14.5 Å². The number of hydrogen-bond acceptors (Lipinski definition) is 6. The van der Waals surface area contributed by atoms with Crippen LogP contribution >= 0.6 is 0 Å². The zero-order chi connectivity index (χ0) is 20.2. The van der Waals surface area contributed by atoms with Crippen LogP contribution in [0.4, 0.5) is 0 Å². The van der Waals surface area contributed by atoms with Crippen LogP contribution in [0.3, 0.4) is 0 Å². The molecular weight excluding hydrogens is 368 g/mol. The molecule has 2 aliphatic rings. The van der Waals surface area contributed by atoms with E-state index in [0.29, 0.717) is 24.9 Å². The number of carbonyl (C=O) groups is 1. The summed E-state index contributed by atoms with van der Waals surface area (Å²) >= 11 is 0. The zero-order valence-electron chi connectivity index (χ0n) is 17.1. The highest BCUT2D eigenvalue weighted by molar-refractivity contribution is 5.89. The molecule has 7 nitrogen and oxygen atoms in total. The van der Waals surface area contributed by atoms with E-state index in [1.807, 2.05) is 0 Å². The number of esters is 1. The van der Waals surface area contributed by atoms with Crippen LogP contribution in [0.15, 0.2) is 30.3 Å². The molecule has 0 bridgehead atoms. The van der Waals surface area contributed by atoms with Crippen molar-refractivity contribution in [1.82, 2.24) is 19.6 Å². The van der Waals surface area contributed by atoms with Crippen molar-refractivity contribution < 1.29 is 14.6 Å². The summed E-state index contributed by atoms with van der Waals surface area (Å²) in [6, 6.07) is 11.1. The molecule has 1 N–H and O–H groups in total. The quantitative estimate of drug-likeness (QED) is 0.716. The number of fused-ring (bicyclic) bond motifs is 1. The second-order valence-corrected chi connectivity index (χ2v) is 7.82. The number of aromatic nitrogens is 2. The molecule has 4 rings (SSSR count). The maximum atomic E-state index is 12.4. The second-order valence-electron chi connectivity index (χ2n) is 7.82. The van der Waals surface area contributed by atoms with Crippen molar-refractivity contribution in [2.45, 2.75) is 45.4 Å². The fourth-order valence-electron chi connectivity index (χ4n) is 4.56. The van der Waals surface area contributed by atoms with E-state index in [1.54, 1.807) is 11.6 Å². The normalized spacial score (nSPS) is 20.0. The fourth-order valence-corrected chi connectivity index (χ4v) is 4.56. The van der Waals surface area contributed by atoms with Crippen LogP contribution in [-0.2, 0) is 30.8 Å². The number of benzene rings is 1. The highest BCUT2D eigenvalue weighted by Crippen LogP contribution is 2.28. The van der Waals surface area contributed by atoms with Gasteiger partial charge in [0.25, 0.3) is 0 Å². The number of aliphatic hydroxyl groups is 1. The summed E-state index contributed by atoms with van der Waals surface area (Å²) in [5.74, 6) is -0.362. The van der Waals surface area contributed by atoms with Crippen LogP contribution in [0.25, 0.3) is 0 Å². The van der Waals surface area contributed by atoms with Crippen LogP contribution in [0.1, 0.15) is 40.7 Å². The first-order chi connectivity index (χ1) is 14.2. The largest absolute Gasteiger partial charge is 0.461 e. The number of nitrogens with zero attached hydrogens (tertiary/aromatic N) is 4. The van der Waals surface area contributed by atoms with E-state index >= 15 is 0 Å². The van der Waals surface area contributed by atoms with Crippen molar-refractivity contribution in [3.63, 3.8) is 0 Å². The third kappa shape index (κ3) is 4.37. The summed E-state index contributed by atoms with van der Waals surface area (Å²) in [5, 5.41) is 13.8. The van der Waals surface area contributed by atoms with Crippen molar-refractivity contribution in [3.05, 3.63) is 52.8 Å². The highest BCUT2D eigenvalue weighted by atomic mass is 16.5. The molecule has 0 radical (unpaired) electrons. The van der Waals surface area contributed by atoms with Gasteiger partial charge in [-0.15, -0.1) is 0 Å². The third-order valence-electron chi connectivity index (χ3n) is 5.96. The third-order valence-corrected chi connectivity index (χ3v) is 5.96. The topological polar surface area (TPSA) is 70.8 Å². The SMILES string of the molecule is CCOC(=O)c1nn(CCO)c2c1CN(C1CCN(Cc3ccccc3)C1)CC2. The lowest BCUT2D eigenvalue weighted by molar-refractivity contribution is 0.0514. The van der Waals surface area contributed by atoms with Crippen molar-refractivity contribution in [2.24, 2.45) is 0 Å². The van der Waals surface area contributed by atoms with Crippen LogP contribution < -0.4 is 0 Å². The van der Waals surface area contributed by atoms with E-state index in [0.717, 1.165) is 56.8 Å². The average molecular weight is 399 g/mol. The molecule has 0 saturated carbocycles. The van der Waals surface area contributed by atoms with Crippen LogP contribution in [-0.4, -0.2) is 69.5 Å². The molecule has 0 spiro atoms. The minimum absolute atomic E-state index is 0.0111. The lowest BCUT2D eigenvalue weighted by atomic mass is 10.0. The Morgan fingerprint density at radius 1 is 1.28 bits per heavy atom. The van der Waals surface area contributed by atoms with E-state index in [-0.39, 0.29) is 12.6 Å². The van der Waals surface area contributed by atoms with E-state index in [1.165, 1.54) is 5.56 Å². The van der Waals surface area contributed by atoms with Crippen molar-refractivity contribution in [2.75, 3.05) is 32.8 Å². The monoisotopic (exact) mass is 398 g/mol. The molecule has 1 aromatic heterocycles. The lowest BCUT2D eigenvalue weighted by Crippen LogP contribution is -2.41. The Hall–Kier alpha value is -2.22. The predicted molar refractivity (Wildman–Crippen MR) is 110 cm³/mol. The number of ether oxygens (including phenoxy) is 1. The molecule has 29 heavy (non-hydrogen) atoms. The van der Waals surface area contributed by atoms with E-state index in [4.69, 9.17) is 4.74 Å². The smallest absolute Gasteiger partial charge is 0.359 e. The Labute approximate surface area is 171 Å². The van der Waals surface area contributed by atoms with Gasteiger partial charge in [0.15, 0.2) is 5.69 Å². The number of likely N-dealkylation sites (tertiary alicyclic amines) is 1. The molecule has 1 aromatic carbocycles. The first-order valence-corrected chi connectivity index (χ1v) is 10.6. The van der Waals surface area contributed by atoms with Gasteiger partial charge in [0.2, 0.25) is 0 Å². The molecule has 2 aromatic rings. The van der Waals surface area contributed by atoms with Crippen LogP contribution in [0, 0.1) is 0 Å². The molecule has 7 heteroatoms. The molecule has 3 heterocycles. The van der Waals surface area contributed by atoms with Gasteiger partial charge >= 0.3 is 5.97 Å². The Morgan fingerprint density at radius 2 is 2.10 bits per heavy atom. The Morgan fingerprint density at radius 3 is 2.86 bits per heavy atom. The Balaban J connectivity index is 1.46. The molecule has 156 valence electrons. The predicted octanol–water partition coefficient (Wildman–Crippen LogP) is 1.68. The zero-order valence-corrected chi connectivity index (χ0v) is 17.1. The molecule has 2 aliphatic heterocycles. The Bertz CT molecular complexity index is 836. The van der Waals surface area contributed by atoms with Gasteiger partial charge in [-0.25, -0.2) is 4.79 Å². The number of aliphatic hydroxyl groups excluding tert-OH is 1. The van der Waals surface area contributed by atoms with Gasteiger partial charge in [0.1, 0.15) is 0 Å². The fraction of sp³-hybridized carbons (Fsp3) is 0.545. The molecule has 1 unspecified atom stereocenters. The highest BCUT2D eigenvalue weighted by Gasteiger charge is 2.34. The Kier molecular flexibility index (Phi) is 6.28. The van der Waals surface area contributed by atoms with Crippen LogP contribution in [0.2, 0.25) is 0 Å². The van der Waals surface area contributed by atoms with Gasteiger partial charge < -0.3 is 9.84 Å². The maximum absolute atomic E-state index is 12.4. The second kappa shape index (κ2) is 9.07. The first kappa shape index (κ1) is 20.1. The summed E-state index contributed by atoms with van der Waals surface area (Å²) in [6.07, 6.45) is 1.98. The summed E-state index contributed by atoms with van der Waals surface area (Å²) in [5.41, 5.74) is 3.81. The number of carbonyl (C=O) groups excluding carboxylic acids is 1. The van der Waals surface area contributed by atoms with E-state index in [2.05, 4.69) is 45.2 Å². The molecule has 1 fully saturated rings. The molecule has 0 amide bonds. The van der Waals surface area contributed by atoms with Crippen molar-refractivity contribution >= 4 is 5.97 Å². The molecular formula is C22H30N4O3. The van der Waals surface area contributed by atoms with Crippen LogP contribution in [0.5, 0.6) is 0 Å². The van der Waals surface area contributed by atoms with Gasteiger partial charge in [-0.2, -0.15) is 5.10 Å². The van der Waals surface area contributed by atoms with Crippen molar-refractivity contribution in [1.29, 1.82) is 0 Å². The minimum atomic E-state index is -0.362. The number of rotatable bonds is 7. The summed E-state index contributed by atoms with van der Waals surface area (Å²) in [4.78, 5) is 17.4. The lowest BCUT2D eigenvalue weighted by Gasteiger charge is -2.32. The van der Waals surface area contributed by atoms with Gasteiger partial charge in [0.05, 0.1) is 19.8 Å². The van der Waals surface area contributed by atoms with Crippen molar-refractivity contribution in [3.8, 4) is 0 Å². The van der Waals surface area contributed by atoms with Gasteiger partial charge in [-0.1, -0.05) is 30.3 Å². The van der Waals surface area contributed by atoms with Gasteiger partial charge in [0, 0.05) is 56.4 Å². The molecule has 1 atom stereocenters. The average Bonchev–Trinajstić information content (AvgIpc) is 3.34. The summed E-state index contributed by atoms with van der Waals surface area (Å²) in [6.45, 7) is 7.37. The minimum Gasteiger partial charge on any atom is -0.461 e. The molecule has 1 saturated heterocycles. The van der Waals surface area contributed by atoms with E-state index in [9.17, 15) is 9.90 Å². The van der Waals surface area contributed by atoms with E-state index < -0.39 is 0 Å². The summed E-state index contributed by atoms with van der Waals surface area (Å²) in [7, 11) is 0. The number of hydrogen-bond donors (Lipinski definition) is 1. The standard InChI is InChI=1S/C22H30N4O3/c1-2-29-22(28)21-19-16-25(11-9-20(19)26(23-21)12-13-27)18-8-10-24(15-18)14-17-6-4-3-5-7-17/h3-7,18,27H,2,8-16H2,1H3.